The molecule has 0 saturated heterocycles. The average Bonchev–Trinajstić information content (AvgIpc) is 3.00. The minimum absolute atomic E-state index is 0.0442. The molecular formula is C18H25NO2. The molecule has 0 amide bonds. The molecule has 2 aromatic rings. The third-order valence-electron chi connectivity index (χ3n) is 3.64. The zero-order valence-corrected chi connectivity index (χ0v) is 12.8. The number of nitrogens with one attached hydrogen (secondary N) is 1. The second-order valence-corrected chi connectivity index (χ2v) is 5.89. The van der Waals surface area contributed by atoms with Crippen LogP contribution < -0.4 is 5.32 Å². The van der Waals surface area contributed by atoms with Gasteiger partial charge in [-0.1, -0.05) is 44.2 Å². The van der Waals surface area contributed by atoms with E-state index in [-0.39, 0.29) is 6.04 Å². The van der Waals surface area contributed by atoms with Crippen LogP contribution in [0.1, 0.15) is 37.7 Å². The zero-order valence-electron chi connectivity index (χ0n) is 12.8. The molecule has 0 bridgehead atoms. The summed E-state index contributed by atoms with van der Waals surface area (Å²) in [5.74, 6) is 1.27. The van der Waals surface area contributed by atoms with E-state index in [1.54, 1.807) is 6.26 Å². The van der Waals surface area contributed by atoms with Gasteiger partial charge in [0, 0.05) is 6.04 Å². The van der Waals surface area contributed by atoms with Gasteiger partial charge in [0.05, 0.1) is 6.26 Å². The lowest BCUT2D eigenvalue weighted by Gasteiger charge is -2.23. The lowest BCUT2D eigenvalue weighted by Crippen LogP contribution is -2.37. The Morgan fingerprint density at radius 1 is 1.10 bits per heavy atom. The molecule has 114 valence electrons. The van der Waals surface area contributed by atoms with Crippen molar-refractivity contribution in [2.45, 2.75) is 38.8 Å². The molecule has 2 rings (SSSR count). The number of aliphatic hydroxyl groups excluding tert-OH is 1. The fourth-order valence-corrected chi connectivity index (χ4v) is 2.38. The van der Waals surface area contributed by atoms with Crippen molar-refractivity contribution in [2.24, 2.45) is 5.92 Å². The Balaban J connectivity index is 2.02. The minimum atomic E-state index is -0.632. The van der Waals surface area contributed by atoms with Crippen molar-refractivity contribution in [2.75, 3.05) is 6.54 Å². The molecule has 0 fully saturated rings. The summed E-state index contributed by atoms with van der Waals surface area (Å²) in [4.78, 5) is 0. The van der Waals surface area contributed by atoms with E-state index in [1.807, 2.05) is 30.3 Å². The van der Waals surface area contributed by atoms with Gasteiger partial charge in [0.2, 0.25) is 0 Å². The molecule has 3 nitrogen and oxygen atoms in total. The Kier molecular flexibility index (Phi) is 6.03. The van der Waals surface area contributed by atoms with Gasteiger partial charge in [0.1, 0.15) is 11.9 Å². The van der Waals surface area contributed by atoms with E-state index in [9.17, 15) is 5.11 Å². The van der Waals surface area contributed by atoms with E-state index in [0.717, 1.165) is 19.4 Å². The van der Waals surface area contributed by atoms with Gasteiger partial charge < -0.3 is 14.8 Å². The average molecular weight is 287 g/mol. The molecular weight excluding hydrogens is 262 g/mol. The predicted molar refractivity (Wildman–Crippen MR) is 85.1 cm³/mol. The van der Waals surface area contributed by atoms with Gasteiger partial charge >= 0.3 is 0 Å². The second kappa shape index (κ2) is 8.01. The van der Waals surface area contributed by atoms with E-state index in [2.05, 4.69) is 31.3 Å². The topological polar surface area (TPSA) is 45.4 Å². The van der Waals surface area contributed by atoms with Crippen molar-refractivity contribution in [3.05, 3.63) is 60.1 Å². The first-order valence-electron chi connectivity index (χ1n) is 7.65. The highest BCUT2D eigenvalue weighted by Gasteiger charge is 2.23. The summed E-state index contributed by atoms with van der Waals surface area (Å²) >= 11 is 0. The molecule has 0 saturated carbocycles. The summed E-state index contributed by atoms with van der Waals surface area (Å²) < 4.78 is 5.35. The Hall–Kier alpha value is -1.58. The summed E-state index contributed by atoms with van der Waals surface area (Å²) in [7, 11) is 0. The van der Waals surface area contributed by atoms with Gasteiger partial charge in [-0.05, 0) is 43.0 Å². The molecule has 0 spiro atoms. The van der Waals surface area contributed by atoms with E-state index < -0.39 is 6.10 Å². The third-order valence-corrected chi connectivity index (χ3v) is 3.64. The number of hydrogen-bond donors (Lipinski definition) is 2. The minimum Gasteiger partial charge on any atom is -0.467 e. The highest BCUT2D eigenvalue weighted by Crippen LogP contribution is 2.20. The Labute approximate surface area is 127 Å². The molecule has 0 aliphatic rings. The molecule has 2 unspecified atom stereocenters. The van der Waals surface area contributed by atoms with Gasteiger partial charge in [-0.25, -0.2) is 0 Å². The highest BCUT2D eigenvalue weighted by molar-refractivity contribution is 5.17. The lowest BCUT2D eigenvalue weighted by atomic mass is 9.99. The van der Waals surface area contributed by atoms with Crippen LogP contribution in [0.4, 0.5) is 0 Å². The quantitative estimate of drug-likeness (QED) is 0.780. The summed E-state index contributed by atoms with van der Waals surface area (Å²) in [5, 5.41) is 14.0. The van der Waals surface area contributed by atoms with Gasteiger partial charge in [0.15, 0.2) is 0 Å². The van der Waals surface area contributed by atoms with Gasteiger partial charge in [-0.2, -0.15) is 0 Å². The van der Waals surface area contributed by atoms with Crippen LogP contribution in [0.25, 0.3) is 0 Å². The molecule has 1 aromatic carbocycles. The SMILES string of the molecule is CC(C)CCNC(Cc1ccccc1)C(O)c1ccco1. The largest absolute Gasteiger partial charge is 0.467 e. The summed E-state index contributed by atoms with van der Waals surface area (Å²) in [6.45, 7) is 5.31. The van der Waals surface area contributed by atoms with Crippen LogP contribution in [0, 0.1) is 5.92 Å². The molecule has 0 aliphatic carbocycles. The monoisotopic (exact) mass is 287 g/mol. The van der Waals surface area contributed by atoms with Crippen molar-refractivity contribution in [3.8, 4) is 0 Å². The number of benzene rings is 1. The standard InChI is InChI=1S/C18H25NO2/c1-14(2)10-11-19-16(13-15-7-4-3-5-8-15)18(20)17-9-6-12-21-17/h3-9,12,14,16,18-20H,10-11,13H2,1-2H3. The summed E-state index contributed by atoms with van der Waals surface area (Å²) in [6.07, 6.45) is 2.84. The number of rotatable bonds is 8. The Morgan fingerprint density at radius 3 is 2.48 bits per heavy atom. The van der Waals surface area contributed by atoms with E-state index in [4.69, 9.17) is 4.42 Å². The van der Waals surface area contributed by atoms with Crippen molar-refractivity contribution < 1.29 is 9.52 Å². The lowest BCUT2D eigenvalue weighted by molar-refractivity contribution is 0.104. The first-order chi connectivity index (χ1) is 10.2. The molecule has 2 N–H and O–H groups in total. The molecule has 1 heterocycles. The van der Waals surface area contributed by atoms with Crippen LogP contribution in [0.5, 0.6) is 0 Å². The first kappa shape index (κ1) is 15.8. The van der Waals surface area contributed by atoms with Crippen LogP contribution in [-0.4, -0.2) is 17.7 Å². The van der Waals surface area contributed by atoms with Crippen LogP contribution in [0.2, 0.25) is 0 Å². The van der Waals surface area contributed by atoms with E-state index in [0.29, 0.717) is 11.7 Å². The number of furan rings is 1. The molecule has 2 atom stereocenters. The first-order valence-corrected chi connectivity index (χ1v) is 7.65. The second-order valence-electron chi connectivity index (χ2n) is 5.89. The van der Waals surface area contributed by atoms with Crippen molar-refractivity contribution in [1.29, 1.82) is 0 Å². The summed E-state index contributed by atoms with van der Waals surface area (Å²) in [5.41, 5.74) is 1.21. The normalized spacial score (nSPS) is 14.3. The van der Waals surface area contributed by atoms with E-state index in [1.165, 1.54) is 5.56 Å². The van der Waals surface area contributed by atoms with E-state index >= 15 is 0 Å². The predicted octanol–water partition coefficient (Wildman–Crippen LogP) is 3.56. The van der Waals surface area contributed by atoms with Crippen LogP contribution >= 0.6 is 0 Å². The van der Waals surface area contributed by atoms with Crippen molar-refractivity contribution >= 4 is 0 Å². The van der Waals surface area contributed by atoms with Gasteiger partial charge in [-0.15, -0.1) is 0 Å². The smallest absolute Gasteiger partial charge is 0.133 e. The summed E-state index contributed by atoms with van der Waals surface area (Å²) in [6, 6.07) is 13.8. The zero-order chi connectivity index (χ0) is 15.1. The Bertz CT molecular complexity index is 493. The van der Waals surface area contributed by atoms with Crippen LogP contribution in [-0.2, 0) is 6.42 Å². The number of aliphatic hydroxyl groups is 1. The Morgan fingerprint density at radius 2 is 1.86 bits per heavy atom. The van der Waals surface area contributed by atoms with Crippen LogP contribution in [0.3, 0.4) is 0 Å². The van der Waals surface area contributed by atoms with Crippen molar-refractivity contribution in [3.63, 3.8) is 0 Å². The maximum Gasteiger partial charge on any atom is 0.133 e. The molecule has 21 heavy (non-hydrogen) atoms. The fourth-order valence-electron chi connectivity index (χ4n) is 2.38. The maximum atomic E-state index is 10.5. The van der Waals surface area contributed by atoms with Gasteiger partial charge in [-0.3, -0.25) is 0 Å². The molecule has 0 aliphatic heterocycles. The van der Waals surface area contributed by atoms with Crippen molar-refractivity contribution in [1.82, 2.24) is 5.32 Å². The molecule has 0 radical (unpaired) electrons. The maximum absolute atomic E-state index is 10.5. The third kappa shape index (κ3) is 5.03. The molecule has 3 heteroatoms. The fraction of sp³-hybridized carbons (Fsp3) is 0.444. The molecule has 1 aromatic heterocycles. The number of hydrogen-bond acceptors (Lipinski definition) is 3. The van der Waals surface area contributed by atoms with Gasteiger partial charge in [0.25, 0.3) is 0 Å². The highest BCUT2D eigenvalue weighted by atomic mass is 16.4. The van der Waals surface area contributed by atoms with Crippen LogP contribution in [0.15, 0.2) is 53.1 Å².